The van der Waals surface area contributed by atoms with Crippen LogP contribution in [0.25, 0.3) is 33.3 Å². The Labute approximate surface area is 290 Å². The van der Waals surface area contributed by atoms with Gasteiger partial charge in [0.1, 0.15) is 11.6 Å². The van der Waals surface area contributed by atoms with Crippen LogP contribution in [-0.2, 0) is 21.1 Å². The number of hydrogen-bond donors (Lipinski definition) is 0. The summed E-state index contributed by atoms with van der Waals surface area (Å²) in [6.07, 6.45) is 6.22. The van der Waals surface area contributed by atoms with E-state index in [0.29, 0.717) is 29.2 Å². The van der Waals surface area contributed by atoms with E-state index in [-0.39, 0.29) is 38.7 Å². The van der Waals surface area contributed by atoms with Gasteiger partial charge in [-0.05, 0) is 60.7 Å². The summed E-state index contributed by atoms with van der Waals surface area (Å²) >= 11 is 0. The number of hydrogen-bond acceptors (Lipinski definition) is 3. The van der Waals surface area contributed by atoms with Crippen LogP contribution < -0.4 is 4.74 Å². The van der Waals surface area contributed by atoms with E-state index in [2.05, 4.69) is 75.5 Å². The van der Waals surface area contributed by atoms with Crippen LogP contribution in [0.4, 0.5) is 4.39 Å². The molecular weight excluding hydrogens is 767 g/mol. The molecule has 3 aromatic heterocycles. The molecule has 3 aromatic carbocycles. The quantitative estimate of drug-likeness (QED) is 0.119. The van der Waals surface area contributed by atoms with Crippen molar-refractivity contribution in [2.75, 3.05) is 0 Å². The van der Waals surface area contributed by atoms with Gasteiger partial charge in [0.05, 0.1) is 5.69 Å². The summed E-state index contributed by atoms with van der Waals surface area (Å²) in [6.45, 7) is 13.6. The van der Waals surface area contributed by atoms with E-state index in [1.54, 1.807) is 0 Å². The fourth-order valence-electron chi connectivity index (χ4n) is 7.20. The average Bonchev–Trinajstić information content (AvgIpc) is 3.58. The molecule has 3 heterocycles. The first-order valence-corrected chi connectivity index (χ1v) is 16.3. The molecule has 7 heteroatoms. The fourth-order valence-corrected chi connectivity index (χ4v) is 7.20. The zero-order valence-electron chi connectivity index (χ0n) is 27.6. The van der Waals surface area contributed by atoms with Crippen molar-refractivity contribution >= 4 is 21.8 Å². The van der Waals surface area contributed by atoms with Crippen molar-refractivity contribution in [2.45, 2.75) is 72.1 Å². The summed E-state index contributed by atoms with van der Waals surface area (Å²) < 4.78 is 24.7. The van der Waals surface area contributed by atoms with E-state index in [1.807, 2.05) is 53.1 Å². The second kappa shape index (κ2) is 13.2. The number of fused-ring (bicyclic) bond motifs is 3. The van der Waals surface area contributed by atoms with Gasteiger partial charge in [-0.3, -0.25) is 4.68 Å². The second-order valence-corrected chi connectivity index (χ2v) is 13.2. The molecule has 2 atom stereocenters. The molecular formula is C40H39FN4OPt. The molecule has 0 radical (unpaired) electrons. The van der Waals surface area contributed by atoms with Crippen LogP contribution in [-0.4, -0.2) is 19.3 Å². The van der Waals surface area contributed by atoms with Crippen molar-refractivity contribution < 1.29 is 30.2 Å². The molecule has 0 amide bonds. The van der Waals surface area contributed by atoms with Crippen LogP contribution >= 0.6 is 0 Å². The summed E-state index contributed by atoms with van der Waals surface area (Å²) in [5.74, 6) is 2.71. The van der Waals surface area contributed by atoms with Crippen LogP contribution in [0.3, 0.4) is 0 Å². The minimum Gasteiger partial charge on any atom is -0.509 e. The molecule has 0 bridgehead atoms. The maximum atomic E-state index is 14.3. The van der Waals surface area contributed by atoms with E-state index in [1.165, 1.54) is 41.6 Å². The Kier molecular flexibility index (Phi) is 9.27. The third-order valence-electron chi connectivity index (χ3n) is 9.24. The maximum absolute atomic E-state index is 14.3. The van der Waals surface area contributed by atoms with Crippen LogP contribution in [0, 0.1) is 23.9 Å². The summed E-state index contributed by atoms with van der Waals surface area (Å²) in [7, 11) is 0. The molecule has 1 aliphatic carbocycles. The van der Waals surface area contributed by atoms with Gasteiger partial charge in [0, 0.05) is 46.5 Å². The van der Waals surface area contributed by atoms with Gasteiger partial charge in [-0.1, -0.05) is 70.0 Å². The van der Waals surface area contributed by atoms with Crippen LogP contribution in [0.15, 0.2) is 84.6 Å². The van der Waals surface area contributed by atoms with Crippen molar-refractivity contribution in [1.82, 2.24) is 19.3 Å². The molecule has 0 N–H and O–H groups in total. The Bertz CT molecular complexity index is 2110. The fraction of sp³-hybridized carbons (Fsp3) is 0.300. The molecule has 6 aromatic rings. The monoisotopic (exact) mass is 805 g/mol. The average molecular weight is 806 g/mol. The Hall–Kier alpha value is -4.02. The molecule has 0 aliphatic heterocycles. The number of halogens is 1. The van der Waals surface area contributed by atoms with Crippen molar-refractivity contribution in [3.05, 3.63) is 119 Å². The van der Waals surface area contributed by atoms with Gasteiger partial charge in [0.2, 0.25) is 0 Å². The molecule has 47 heavy (non-hydrogen) atoms. The molecule has 0 saturated carbocycles. The molecule has 7 rings (SSSR count). The second-order valence-electron chi connectivity index (χ2n) is 13.2. The Morgan fingerprint density at radius 3 is 2.45 bits per heavy atom. The number of nitrogens with zero attached hydrogens (tertiary/aromatic N) is 4. The van der Waals surface area contributed by atoms with Gasteiger partial charge in [0.25, 0.3) is 0 Å². The number of allylic oxidation sites excluding steroid dienone is 2. The zero-order valence-corrected chi connectivity index (χ0v) is 29.9. The summed E-state index contributed by atoms with van der Waals surface area (Å²) in [4.78, 5) is 4.47. The molecule has 242 valence electrons. The number of pyridine rings is 1. The third kappa shape index (κ3) is 5.97. The molecule has 1 aliphatic rings. The Morgan fingerprint density at radius 2 is 1.70 bits per heavy atom. The van der Waals surface area contributed by atoms with E-state index >= 15 is 0 Å². The van der Waals surface area contributed by atoms with E-state index in [0.717, 1.165) is 39.6 Å². The zero-order chi connectivity index (χ0) is 32.1. The van der Waals surface area contributed by atoms with Crippen molar-refractivity contribution in [1.29, 1.82) is 0 Å². The van der Waals surface area contributed by atoms with E-state index in [9.17, 15) is 4.39 Å². The van der Waals surface area contributed by atoms with Crippen molar-refractivity contribution in [2.24, 2.45) is 5.92 Å². The van der Waals surface area contributed by atoms with Gasteiger partial charge in [-0.2, -0.15) is 17.2 Å². The Morgan fingerprint density at radius 1 is 0.915 bits per heavy atom. The first-order valence-electron chi connectivity index (χ1n) is 16.3. The van der Waals surface area contributed by atoms with Gasteiger partial charge in [0.15, 0.2) is 0 Å². The van der Waals surface area contributed by atoms with Crippen LogP contribution in [0.1, 0.15) is 89.1 Å². The molecule has 0 saturated heterocycles. The number of ether oxygens (including phenoxy) is 1. The van der Waals surface area contributed by atoms with Gasteiger partial charge < -0.3 is 9.30 Å². The number of benzene rings is 3. The minimum atomic E-state index is -0.345. The third-order valence-corrected chi connectivity index (χ3v) is 9.24. The predicted molar refractivity (Wildman–Crippen MR) is 183 cm³/mol. The smallest absolute Gasteiger partial charge is 0.509 e. The van der Waals surface area contributed by atoms with E-state index in [4.69, 9.17) is 9.84 Å². The molecule has 1 unspecified atom stereocenters. The largest absolute Gasteiger partial charge is 2.00 e. The minimum absolute atomic E-state index is 0. The number of rotatable bonds is 7. The molecule has 5 nitrogen and oxygen atoms in total. The topological polar surface area (TPSA) is 44.9 Å². The van der Waals surface area contributed by atoms with E-state index < -0.39 is 0 Å². The maximum Gasteiger partial charge on any atom is 2.00 e. The Balaban J connectivity index is 0.00000386. The SMILES string of the molecule is CC1=CCC[C@H](C)C1c1c(C(C)C)nn(-c2[c-]c(Oc3[c-]c4c(cc3)c3ccccc3n4-c3cc(F)ccn3)ccc2)c1C(C)C.[Pt+2]. The summed E-state index contributed by atoms with van der Waals surface area (Å²) in [6, 6.07) is 27.7. The van der Waals surface area contributed by atoms with Gasteiger partial charge in [-0.25, -0.2) is 9.37 Å². The van der Waals surface area contributed by atoms with Crippen LogP contribution in [0.5, 0.6) is 11.5 Å². The van der Waals surface area contributed by atoms with Gasteiger partial charge >= 0.3 is 21.1 Å². The molecule has 0 fully saturated rings. The van der Waals surface area contributed by atoms with Crippen molar-refractivity contribution in [3.63, 3.8) is 0 Å². The number of para-hydroxylation sites is 1. The first-order chi connectivity index (χ1) is 22.2. The van der Waals surface area contributed by atoms with Crippen LogP contribution in [0.2, 0.25) is 0 Å². The standard InChI is InChI=1S/C40H39FN4O.Pt/c1-24(2)39-38(37-26(5)11-9-12-27(37)6)40(25(3)4)45(43-39)29-13-10-14-30(22-29)46-31-17-18-33-32-15-7-8-16-34(32)44(35(33)23-31)36-21-28(41)19-20-42-36;/h7-8,10-11,13-21,24-25,27,37H,9,12H2,1-6H3;/q-2;+2/t27-,37?;/m0./s1. The summed E-state index contributed by atoms with van der Waals surface area (Å²) in [5, 5.41) is 7.29. The predicted octanol–water partition coefficient (Wildman–Crippen LogP) is 10.6. The summed E-state index contributed by atoms with van der Waals surface area (Å²) in [5.41, 5.74) is 7.75. The number of aromatic nitrogens is 4. The van der Waals surface area contributed by atoms with Crippen molar-refractivity contribution in [3.8, 4) is 23.0 Å². The van der Waals surface area contributed by atoms with Gasteiger partial charge in [-0.15, -0.1) is 35.7 Å². The first kappa shape index (κ1) is 32.9. The normalized spacial score (nSPS) is 16.6. The molecule has 0 spiro atoms.